The molecule has 2 heterocycles. The number of methoxy groups -OCH3 is 2. The number of likely N-dealkylation sites (N-methyl/N-ethyl adjacent to an activating group) is 1. The molecule has 0 radical (unpaired) electrons. The van der Waals surface area contributed by atoms with Crippen molar-refractivity contribution in [2.75, 3.05) is 60.3 Å². The van der Waals surface area contributed by atoms with Crippen molar-refractivity contribution in [1.82, 2.24) is 15.5 Å². The molecule has 230 valence electrons. The predicted octanol–water partition coefficient (Wildman–Crippen LogP) is 2.73. The number of ether oxygens (including phenoxy) is 5. The Labute approximate surface area is 247 Å². The van der Waals surface area contributed by atoms with Crippen LogP contribution in [-0.4, -0.2) is 87.7 Å². The summed E-state index contributed by atoms with van der Waals surface area (Å²) in [6.45, 7) is 9.39. The van der Waals surface area contributed by atoms with Crippen molar-refractivity contribution in [2.45, 2.75) is 44.9 Å². The van der Waals surface area contributed by atoms with Crippen LogP contribution >= 0.6 is 0 Å². The second kappa shape index (κ2) is 13.4. The first-order valence-corrected chi connectivity index (χ1v) is 14.8. The van der Waals surface area contributed by atoms with Crippen LogP contribution in [0.5, 0.6) is 28.7 Å². The monoisotopic (exact) mass is 585 g/mol. The third-order valence-corrected chi connectivity index (χ3v) is 8.78. The second-order valence-electron chi connectivity index (χ2n) is 11.0. The lowest BCUT2D eigenvalue weighted by Gasteiger charge is -2.41. The van der Waals surface area contributed by atoms with Gasteiger partial charge in [0.15, 0.2) is 29.3 Å². The molecule has 1 unspecified atom stereocenters. The fraction of sp³-hybridized carbons (Fsp3) is 0.581. The molecule has 1 fully saturated rings. The lowest BCUT2D eigenvalue weighted by molar-refractivity contribution is -0.122. The third kappa shape index (κ3) is 5.96. The minimum absolute atomic E-state index is 0.0549. The zero-order chi connectivity index (χ0) is 29.8. The number of fused-ring (bicyclic) bond motifs is 3. The molecule has 1 aliphatic carbocycles. The zero-order valence-corrected chi connectivity index (χ0v) is 24.9. The van der Waals surface area contributed by atoms with Gasteiger partial charge in [0.1, 0.15) is 0 Å². The van der Waals surface area contributed by atoms with E-state index in [-0.39, 0.29) is 54.3 Å². The number of hydrogen-bond acceptors (Lipinski definition) is 10. The van der Waals surface area contributed by atoms with Gasteiger partial charge in [-0.2, -0.15) is 0 Å². The van der Waals surface area contributed by atoms with E-state index in [2.05, 4.69) is 29.4 Å². The highest BCUT2D eigenvalue weighted by molar-refractivity contribution is 5.77. The molecule has 5 rings (SSSR count). The SMILES string of the molecule is CCN(CC)CCNCCCC(=O)N[C@@H]1c2cc3c(cc2[C@@H](c2cc(OC)c(O)c(OC)c2)[C@H]2C(O)OC[C@@H]21)OCO3. The summed E-state index contributed by atoms with van der Waals surface area (Å²) in [5.74, 6) is 0.633. The van der Waals surface area contributed by atoms with Crippen LogP contribution < -0.4 is 29.6 Å². The van der Waals surface area contributed by atoms with E-state index in [0.717, 1.165) is 49.4 Å². The van der Waals surface area contributed by atoms with Crippen molar-refractivity contribution in [3.63, 3.8) is 0 Å². The van der Waals surface area contributed by atoms with Gasteiger partial charge in [-0.3, -0.25) is 4.79 Å². The van der Waals surface area contributed by atoms with Gasteiger partial charge < -0.3 is 49.4 Å². The van der Waals surface area contributed by atoms with Crippen LogP contribution in [0, 0.1) is 11.8 Å². The van der Waals surface area contributed by atoms with Crippen molar-refractivity contribution >= 4 is 5.91 Å². The molecule has 1 amide bonds. The number of aliphatic hydroxyl groups excluding tert-OH is 1. The number of nitrogens with zero attached hydrogens (tertiary/aromatic N) is 1. The van der Waals surface area contributed by atoms with Gasteiger partial charge in [-0.1, -0.05) is 13.8 Å². The number of phenolic OH excluding ortho intramolecular Hbond substituents is 1. The normalized spacial score (nSPS) is 23.9. The number of carbonyl (C=O) groups is 1. The number of aliphatic hydroxyl groups is 1. The highest BCUT2D eigenvalue weighted by Crippen LogP contribution is 2.56. The van der Waals surface area contributed by atoms with E-state index in [1.54, 1.807) is 12.1 Å². The maximum atomic E-state index is 13.2. The number of carbonyl (C=O) groups excluding carboxylic acids is 1. The summed E-state index contributed by atoms with van der Waals surface area (Å²) in [6.07, 6.45) is 0.0395. The van der Waals surface area contributed by atoms with Crippen molar-refractivity contribution in [2.24, 2.45) is 11.8 Å². The number of hydrogen-bond donors (Lipinski definition) is 4. The summed E-state index contributed by atoms with van der Waals surface area (Å²) >= 11 is 0. The van der Waals surface area contributed by atoms with Gasteiger partial charge in [0, 0.05) is 37.3 Å². The molecule has 11 heteroatoms. The Balaban J connectivity index is 1.40. The van der Waals surface area contributed by atoms with Gasteiger partial charge in [0.05, 0.1) is 26.9 Å². The first-order chi connectivity index (χ1) is 20.4. The Morgan fingerprint density at radius 3 is 2.33 bits per heavy atom. The van der Waals surface area contributed by atoms with Crippen LogP contribution in [0.1, 0.15) is 55.3 Å². The van der Waals surface area contributed by atoms with E-state index in [1.165, 1.54) is 14.2 Å². The van der Waals surface area contributed by atoms with Gasteiger partial charge in [-0.15, -0.1) is 0 Å². The maximum absolute atomic E-state index is 13.2. The summed E-state index contributed by atoms with van der Waals surface area (Å²) in [6, 6.07) is 6.97. The Kier molecular flexibility index (Phi) is 9.62. The van der Waals surface area contributed by atoms with Crippen LogP contribution in [0.25, 0.3) is 0 Å². The molecule has 2 aliphatic heterocycles. The smallest absolute Gasteiger partial charge is 0.231 e. The molecule has 2 aromatic carbocycles. The molecule has 2 aromatic rings. The molecular formula is C31H43N3O8. The van der Waals surface area contributed by atoms with Crippen molar-refractivity contribution in [3.8, 4) is 28.7 Å². The number of nitrogens with one attached hydrogen (secondary N) is 2. The van der Waals surface area contributed by atoms with Crippen LogP contribution in [0.2, 0.25) is 0 Å². The Hall–Kier alpha value is -3.25. The quantitative estimate of drug-likeness (QED) is 0.260. The summed E-state index contributed by atoms with van der Waals surface area (Å²) in [7, 11) is 2.96. The Morgan fingerprint density at radius 2 is 1.69 bits per heavy atom. The van der Waals surface area contributed by atoms with Crippen molar-refractivity contribution in [3.05, 3.63) is 41.0 Å². The number of phenols is 1. The van der Waals surface area contributed by atoms with Gasteiger partial charge in [-0.25, -0.2) is 0 Å². The standard InChI is InChI=1S/C31H43N3O8/c1-5-34(6-2)11-10-32-9-7-8-26(35)33-29-20-15-23-22(41-17-42-23)14-19(20)27(28-21(29)16-40-31(28)37)18-12-24(38-3)30(36)25(13-18)39-4/h12-15,21,27-29,31-32,36-37H,5-11,16-17H2,1-4H3,(H,33,35)/t21-,27+,28-,29+,31?/m0/s1. The average Bonchev–Trinajstić information content (AvgIpc) is 3.62. The molecular weight excluding hydrogens is 542 g/mol. The highest BCUT2D eigenvalue weighted by Gasteiger charge is 2.52. The predicted molar refractivity (Wildman–Crippen MR) is 155 cm³/mol. The Bertz CT molecular complexity index is 1230. The molecule has 0 spiro atoms. The van der Waals surface area contributed by atoms with Gasteiger partial charge >= 0.3 is 0 Å². The first-order valence-electron chi connectivity index (χ1n) is 14.8. The summed E-state index contributed by atoms with van der Waals surface area (Å²) < 4.78 is 28.1. The molecule has 5 atom stereocenters. The minimum atomic E-state index is -1.06. The van der Waals surface area contributed by atoms with Crippen molar-refractivity contribution < 1.29 is 38.7 Å². The van der Waals surface area contributed by atoms with E-state index >= 15 is 0 Å². The number of rotatable bonds is 13. The van der Waals surface area contributed by atoms with E-state index in [0.29, 0.717) is 24.3 Å². The average molecular weight is 586 g/mol. The fourth-order valence-corrected chi connectivity index (χ4v) is 6.53. The maximum Gasteiger partial charge on any atom is 0.231 e. The topological polar surface area (TPSA) is 131 Å². The summed E-state index contributed by atoms with van der Waals surface area (Å²) in [4.78, 5) is 15.6. The van der Waals surface area contributed by atoms with Gasteiger partial charge in [-0.05, 0) is 67.0 Å². The van der Waals surface area contributed by atoms with Crippen LogP contribution in [0.3, 0.4) is 0 Å². The van der Waals surface area contributed by atoms with Gasteiger partial charge in [0.25, 0.3) is 0 Å². The molecule has 4 N–H and O–H groups in total. The lowest BCUT2D eigenvalue weighted by Crippen LogP contribution is -2.43. The fourth-order valence-electron chi connectivity index (χ4n) is 6.53. The van der Waals surface area contributed by atoms with E-state index in [1.807, 2.05) is 12.1 Å². The summed E-state index contributed by atoms with van der Waals surface area (Å²) in [5, 5.41) is 28.4. The molecule has 0 bridgehead atoms. The van der Waals surface area contributed by atoms with E-state index < -0.39 is 12.3 Å². The Morgan fingerprint density at radius 1 is 1.02 bits per heavy atom. The molecule has 0 saturated carbocycles. The molecule has 0 aromatic heterocycles. The molecule has 3 aliphatic rings. The molecule has 42 heavy (non-hydrogen) atoms. The van der Waals surface area contributed by atoms with E-state index in [9.17, 15) is 15.0 Å². The highest BCUT2D eigenvalue weighted by atomic mass is 16.7. The van der Waals surface area contributed by atoms with Crippen LogP contribution in [0.4, 0.5) is 0 Å². The lowest BCUT2D eigenvalue weighted by atomic mass is 9.65. The van der Waals surface area contributed by atoms with Crippen LogP contribution in [0.15, 0.2) is 24.3 Å². The second-order valence-corrected chi connectivity index (χ2v) is 11.0. The first kappa shape index (κ1) is 30.2. The molecule has 11 nitrogen and oxygen atoms in total. The number of aromatic hydroxyl groups is 1. The number of amides is 1. The largest absolute Gasteiger partial charge is 0.502 e. The van der Waals surface area contributed by atoms with Crippen LogP contribution in [-0.2, 0) is 9.53 Å². The minimum Gasteiger partial charge on any atom is -0.502 e. The van der Waals surface area contributed by atoms with Gasteiger partial charge in [0.2, 0.25) is 18.4 Å². The third-order valence-electron chi connectivity index (χ3n) is 8.78. The zero-order valence-electron chi connectivity index (χ0n) is 24.9. The summed E-state index contributed by atoms with van der Waals surface area (Å²) in [5.41, 5.74) is 2.55. The van der Waals surface area contributed by atoms with E-state index in [4.69, 9.17) is 23.7 Å². The number of benzene rings is 2. The van der Waals surface area contributed by atoms with Crippen molar-refractivity contribution in [1.29, 1.82) is 0 Å². The molecule has 1 saturated heterocycles.